The molecule has 19 heavy (non-hydrogen) atoms. The summed E-state index contributed by atoms with van der Waals surface area (Å²) in [7, 11) is 0. The summed E-state index contributed by atoms with van der Waals surface area (Å²) in [5.74, 6) is -0.340. The first-order valence-corrected chi connectivity index (χ1v) is 6.72. The zero-order valence-electron chi connectivity index (χ0n) is 11.2. The standard InChI is InChI=1S/C14H19ClN2O2/c1-3-8-16-14(19)10(2)17-13(18)9-11-4-6-12(15)7-5-11/h4-7,10H,3,8-9H2,1-2H3,(H,16,19)(H,17,18)/t10-/m0/s1. The summed E-state index contributed by atoms with van der Waals surface area (Å²) in [6.45, 7) is 4.27. The molecule has 104 valence electrons. The van der Waals surface area contributed by atoms with Crippen LogP contribution in [0.1, 0.15) is 25.8 Å². The largest absolute Gasteiger partial charge is 0.354 e. The maximum atomic E-state index is 11.8. The molecular formula is C14H19ClN2O2. The molecule has 0 aliphatic carbocycles. The van der Waals surface area contributed by atoms with E-state index in [1.807, 2.05) is 6.92 Å². The number of hydrogen-bond acceptors (Lipinski definition) is 2. The fourth-order valence-electron chi connectivity index (χ4n) is 1.55. The van der Waals surface area contributed by atoms with Crippen molar-refractivity contribution in [1.82, 2.24) is 10.6 Å². The molecule has 1 aromatic carbocycles. The number of halogens is 1. The van der Waals surface area contributed by atoms with E-state index in [1.165, 1.54) is 0 Å². The molecule has 0 aliphatic rings. The first-order valence-electron chi connectivity index (χ1n) is 6.34. The lowest BCUT2D eigenvalue weighted by molar-refractivity contribution is -0.128. The minimum atomic E-state index is -0.522. The van der Waals surface area contributed by atoms with Gasteiger partial charge in [-0.3, -0.25) is 9.59 Å². The third kappa shape index (κ3) is 5.75. The van der Waals surface area contributed by atoms with E-state index in [0.29, 0.717) is 11.6 Å². The number of nitrogens with one attached hydrogen (secondary N) is 2. The molecule has 0 unspecified atom stereocenters. The predicted octanol–water partition coefficient (Wildman–Crippen LogP) is 1.91. The van der Waals surface area contributed by atoms with Gasteiger partial charge in [0.25, 0.3) is 0 Å². The van der Waals surface area contributed by atoms with Crippen LogP contribution in [0.5, 0.6) is 0 Å². The minimum absolute atomic E-state index is 0.161. The summed E-state index contributed by atoms with van der Waals surface area (Å²) >= 11 is 5.77. The van der Waals surface area contributed by atoms with Gasteiger partial charge in [-0.05, 0) is 31.0 Å². The van der Waals surface area contributed by atoms with Crippen molar-refractivity contribution in [3.8, 4) is 0 Å². The lowest BCUT2D eigenvalue weighted by Crippen LogP contribution is -2.45. The molecule has 0 saturated heterocycles. The molecule has 1 aromatic rings. The van der Waals surface area contributed by atoms with Crippen LogP contribution in [0.25, 0.3) is 0 Å². The average Bonchev–Trinajstić information content (AvgIpc) is 2.38. The van der Waals surface area contributed by atoms with Crippen LogP contribution in [-0.2, 0) is 16.0 Å². The van der Waals surface area contributed by atoms with Gasteiger partial charge in [-0.15, -0.1) is 0 Å². The molecule has 0 bridgehead atoms. The lowest BCUT2D eigenvalue weighted by Gasteiger charge is -2.13. The Bertz CT molecular complexity index is 432. The van der Waals surface area contributed by atoms with Gasteiger partial charge in [0.15, 0.2) is 0 Å². The highest BCUT2D eigenvalue weighted by Crippen LogP contribution is 2.09. The van der Waals surface area contributed by atoms with Crippen LogP contribution in [0.3, 0.4) is 0 Å². The Balaban J connectivity index is 2.42. The van der Waals surface area contributed by atoms with Crippen LogP contribution < -0.4 is 10.6 Å². The van der Waals surface area contributed by atoms with E-state index in [4.69, 9.17) is 11.6 Å². The Morgan fingerprint density at radius 2 is 1.89 bits per heavy atom. The normalized spacial score (nSPS) is 11.7. The SMILES string of the molecule is CCCNC(=O)[C@H](C)NC(=O)Cc1ccc(Cl)cc1. The monoisotopic (exact) mass is 282 g/mol. The third-order valence-electron chi connectivity index (χ3n) is 2.60. The van der Waals surface area contributed by atoms with Gasteiger partial charge in [-0.2, -0.15) is 0 Å². The van der Waals surface area contributed by atoms with Crippen LogP contribution in [0.2, 0.25) is 5.02 Å². The predicted molar refractivity (Wildman–Crippen MR) is 76.1 cm³/mol. The van der Waals surface area contributed by atoms with Gasteiger partial charge in [0.05, 0.1) is 6.42 Å². The maximum Gasteiger partial charge on any atom is 0.242 e. The molecule has 0 spiro atoms. The summed E-state index contributed by atoms with van der Waals surface area (Å²) in [4.78, 5) is 23.4. The van der Waals surface area contributed by atoms with Crippen LogP contribution >= 0.6 is 11.6 Å². The van der Waals surface area contributed by atoms with Crippen molar-refractivity contribution >= 4 is 23.4 Å². The van der Waals surface area contributed by atoms with Gasteiger partial charge in [0.2, 0.25) is 11.8 Å². The Morgan fingerprint density at radius 3 is 2.47 bits per heavy atom. The van der Waals surface area contributed by atoms with Crippen molar-refractivity contribution in [2.45, 2.75) is 32.7 Å². The first-order chi connectivity index (χ1) is 9.02. The highest BCUT2D eigenvalue weighted by Gasteiger charge is 2.14. The summed E-state index contributed by atoms with van der Waals surface area (Å²) in [6.07, 6.45) is 1.11. The average molecular weight is 283 g/mol. The number of hydrogen-bond donors (Lipinski definition) is 2. The zero-order valence-corrected chi connectivity index (χ0v) is 12.0. The molecule has 0 aliphatic heterocycles. The van der Waals surface area contributed by atoms with Gasteiger partial charge in [0.1, 0.15) is 6.04 Å². The zero-order chi connectivity index (χ0) is 14.3. The quantitative estimate of drug-likeness (QED) is 0.837. The third-order valence-corrected chi connectivity index (χ3v) is 2.85. The second-order valence-corrected chi connectivity index (χ2v) is 4.82. The first kappa shape index (κ1) is 15.5. The fraction of sp³-hybridized carbons (Fsp3) is 0.429. The molecule has 4 nitrogen and oxygen atoms in total. The van der Waals surface area contributed by atoms with Gasteiger partial charge >= 0.3 is 0 Å². The highest BCUT2D eigenvalue weighted by molar-refractivity contribution is 6.30. The smallest absolute Gasteiger partial charge is 0.242 e. The Kier molecular flexibility index (Phi) is 6.36. The van der Waals surface area contributed by atoms with E-state index in [-0.39, 0.29) is 18.2 Å². The van der Waals surface area contributed by atoms with Crippen molar-refractivity contribution in [2.24, 2.45) is 0 Å². The topological polar surface area (TPSA) is 58.2 Å². The molecular weight excluding hydrogens is 264 g/mol. The van der Waals surface area contributed by atoms with E-state index in [1.54, 1.807) is 31.2 Å². The maximum absolute atomic E-state index is 11.8. The molecule has 0 aromatic heterocycles. The van der Waals surface area contributed by atoms with E-state index in [2.05, 4.69) is 10.6 Å². The molecule has 2 amide bonds. The number of rotatable bonds is 6. The second-order valence-electron chi connectivity index (χ2n) is 4.38. The van der Waals surface area contributed by atoms with Crippen molar-refractivity contribution < 1.29 is 9.59 Å². The molecule has 2 N–H and O–H groups in total. The second kappa shape index (κ2) is 7.79. The molecule has 0 saturated carbocycles. The Labute approximate surface area is 118 Å². The van der Waals surface area contributed by atoms with Crippen molar-refractivity contribution in [3.05, 3.63) is 34.9 Å². The van der Waals surface area contributed by atoms with Gasteiger partial charge in [-0.1, -0.05) is 30.7 Å². The summed E-state index contributed by atoms with van der Waals surface area (Å²) in [5.41, 5.74) is 0.864. The Morgan fingerprint density at radius 1 is 1.26 bits per heavy atom. The lowest BCUT2D eigenvalue weighted by atomic mass is 10.1. The highest BCUT2D eigenvalue weighted by atomic mass is 35.5. The number of benzene rings is 1. The Hall–Kier alpha value is -1.55. The molecule has 0 heterocycles. The fourth-order valence-corrected chi connectivity index (χ4v) is 1.67. The number of carbonyl (C=O) groups excluding carboxylic acids is 2. The molecule has 0 radical (unpaired) electrons. The van der Waals surface area contributed by atoms with Crippen molar-refractivity contribution in [3.63, 3.8) is 0 Å². The molecule has 1 rings (SSSR count). The van der Waals surface area contributed by atoms with Crippen LogP contribution in [0.15, 0.2) is 24.3 Å². The molecule has 1 atom stereocenters. The van der Waals surface area contributed by atoms with Gasteiger partial charge in [-0.25, -0.2) is 0 Å². The van der Waals surface area contributed by atoms with E-state index >= 15 is 0 Å². The summed E-state index contributed by atoms with van der Waals surface area (Å²) in [5, 5.41) is 6.04. The van der Waals surface area contributed by atoms with E-state index in [0.717, 1.165) is 12.0 Å². The number of amides is 2. The van der Waals surface area contributed by atoms with E-state index < -0.39 is 6.04 Å². The molecule has 5 heteroatoms. The summed E-state index contributed by atoms with van der Waals surface area (Å²) < 4.78 is 0. The van der Waals surface area contributed by atoms with Crippen LogP contribution in [-0.4, -0.2) is 24.4 Å². The van der Waals surface area contributed by atoms with Gasteiger partial charge in [0, 0.05) is 11.6 Å². The van der Waals surface area contributed by atoms with Crippen LogP contribution in [0, 0.1) is 0 Å². The van der Waals surface area contributed by atoms with Crippen molar-refractivity contribution in [1.29, 1.82) is 0 Å². The van der Waals surface area contributed by atoms with Crippen LogP contribution in [0.4, 0.5) is 0 Å². The van der Waals surface area contributed by atoms with Gasteiger partial charge < -0.3 is 10.6 Å². The van der Waals surface area contributed by atoms with Crippen molar-refractivity contribution in [2.75, 3.05) is 6.54 Å². The molecule has 0 fully saturated rings. The van der Waals surface area contributed by atoms with E-state index in [9.17, 15) is 9.59 Å². The summed E-state index contributed by atoms with van der Waals surface area (Å²) in [6, 6.07) is 6.54. The number of carbonyl (C=O) groups is 2. The minimum Gasteiger partial charge on any atom is -0.354 e.